The van der Waals surface area contributed by atoms with Crippen LogP contribution < -0.4 is 11.1 Å². The fourth-order valence-corrected chi connectivity index (χ4v) is 4.50. The van der Waals surface area contributed by atoms with Gasteiger partial charge in [0.2, 0.25) is 5.88 Å². The topological polar surface area (TPSA) is 108 Å². The van der Waals surface area contributed by atoms with E-state index in [9.17, 15) is 14.4 Å². The molecule has 0 radical (unpaired) electrons. The monoisotopic (exact) mass is 460 g/mol. The number of Topliss-reactive ketones (excluding diaryl/α,β-unsaturated/α-hetero) is 2. The van der Waals surface area contributed by atoms with Gasteiger partial charge in [-0.25, -0.2) is 4.79 Å². The van der Waals surface area contributed by atoms with E-state index in [4.69, 9.17) is 15.2 Å². The van der Waals surface area contributed by atoms with Crippen molar-refractivity contribution in [3.05, 3.63) is 51.0 Å². The average Bonchev–Trinajstić information content (AvgIpc) is 2.93. The first-order valence-electron chi connectivity index (χ1n) is 9.35. The summed E-state index contributed by atoms with van der Waals surface area (Å²) in [5, 5.41) is 3.24. The van der Waals surface area contributed by atoms with Crippen LogP contribution in [-0.4, -0.2) is 28.7 Å². The molecule has 7 nitrogen and oxygen atoms in total. The summed E-state index contributed by atoms with van der Waals surface area (Å²) in [5.74, 6) is -0.868. The van der Waals surface area contributed by atoms with Gasteiger partial charge in [-0.1, -0.05) is 0 Å². The third-order valence-electron chi connectivity index (χ3n) is 5.13. The third-order valence-corrected chi connectivity index (χ3v) is 6.12. The molecule has 0 saturated heterocycles. The van der Waals surface area contributed by atoms with Crippen molar-refractivity contribution in [2.75, 3.05) is 5.32 Å². The highest BCUT2D eigenvalue weighted by Gasteiger charge is 2.56. The number of hydrogen-bond acceptors (Lipinski definition) is 7. The normalized spacial score (nSPS) is 23.6. The number of allylic oxidation sites excluding steroid dienone is 1. The number of benzene rings is 1. The molecule has 4 rings (SSSR count). The fourth-order valence-electron chi connectivity index (χ4n) is 3.90. The Morgan fingerprint density at radius 3 is 2.69 bits per heavy atom. The molecule has 0 aromatic heterocycles. The molecule has 0 fully saturated rings. The lowest BCUT2D eigenvalue weighted by Gasteiger charge is -2.38. The number of rotatable bonds is 1. The molecule has 152 valence electrons. The van der Waals surface area contributed by atoms with Crippen LogP contribution in [-0.2, 0) is 14.3 Å². The van der Waals surface area contributed by atoms with Gasteiger partial charge in [0, 0.05) is 23.2 Å². The minimum Gasteiger partial charge on any atom is -0.456 e. The van der Waals surface area contributed by atoms with Crippen LogP contribution >= 0.6 is 15.9 Å². The molecular formula is C21H21BrN2O5. The molecule has 1 spiro atoms. The molecule has 29 heavy (non-hydrogen) atoms. The van der Waals surface area contributed by atoms with Crippen LogP contribution in [0.4, 0.5) is 5.69 Å². The first-order chi connectivity index (χ1) is 13.5. The summed E-state index contributed by atoms with van der Waals surface area (Å²) in [7, 11) is 0. The smallest absolute Gasteiger partial charge is 0.338 e. The molecule has 0 amide bonds. The number of esters is 1. The summed E-state index contributed by atoms with van der Waals surface area (Å²) < 4.78 is 11.3. The van der Waals surface area contributed by atoms with Crippen molar-refractivity contribution in [1.82, 2.24) is 0 Å². The van der Waals surface area contributed by atoms with E-state index in [0.717, 1.165) is 0 Å². The van der Waals surface area contributed by atoms with E-state index in [-0.39, 0.29) is 28.8 Å². The SMILES string of the molecule is CC(C)(C)OC(=O)c1ccc2c(c1)C(=O)C1(N2)C(Br)=C(N)OC2=C1CCCC2=O. The lowest BCUT2D eigenvalue weighted by atomic mass is 9.77. The Morgan fingerprint density at radius 1 is 1.28 bits per heavy atom. The van der Waals surface area contributed by atoms with Crippen LogP contribution in [0.2, 0.25) is 0 Å². The summed E-state index contributed by atoms with van der Waals surface area (Å²) in [6.45, 7) is 5.34. The zero-order valence-electron chi connectivity index (χ0n) is 16.3. The third kappa shape index (κ3) is 2.97. The molecule has 0 saturated carbocycles. The number of carbonyl (C=O) groups is 3. The van der Waals surface area contributed by atoms with E-state index >= 15 is 0 Å². The van der Waals surface area contributed by atoms with Crippen molar-refractivity contribution in [3.8, 4) is 0 Å². The van der Waals surface area contributed by atoms with Gasteiger partial charge in [0.25, 0.3) is 0 Å². The van der Waals surface area contributed by atoms with Crippen molar-refractivity contribution < 1.29 is 23.9 Å². The second-order valence-corrected chi connectivity index (χ2v) is 9.12. The summed E-state index contributed by atoms with van der Waals surface area (Å²) in [4.78, 5) is 38.5. The van der Waals surface area contributed by atoms with Gasteiger partial charge in [-0.3, -0.25) is 9.59 Å². The maximum Gasteiger partial charge on any atom is 0.338 e. The number of anilines is 1. The minimum absolute atomic E-state index is 0.0278. The Hall–Kier alpha value is -2.61. The molecule has 1 aromatic carbocycles. The Balaban J connectivity index is 1.80. The van der Waals surface area contributed by atoms with Gasteiger partial charge in [-0.05, 0) is 67.7 Å². The minimum atomic E-state index is -1.33. The predicted octanol–water partition coefficient (Wildman–Crippen LogP) is 3.55. The van der Waals surface area contributed by atoms with Gasteiger partial charge >= 0.3 is 5.97 Å². The fraction of sp³-hybridized carbons (Fsp3) is 0.381. The molecule has 1 aliphatic carbocycles. The summed E-state index contributed by atoms with van der Waals surface area (Å²) >= 11 is 3.42. The Labute approximate surface area is 176 Å². The molecule has 3 aliphatic rings. The van der Waals surface area contributed by atoms with Gasteiger partial charge in [0.1, 0.15) is 5.60 Å². The molecule has 2 heterocycles. The van der Waals surface area contributed by atoms with E-state index < -0.39 is 17.1 Å². The number of ether oxygens (including phenoxy) is 2. The van der Waals surface area contributed by atoms with Gasteiger partial charge in [-0.15, -0.1) is 0 Å². The van der Waals surface area contributed by atoms with Crippen molar-refractivity contribution in [2.24, 2.45) is 5.73 Å². The van der Waals surface area contributed by atoms with Crippen LogP contribution in [0.15, 0.2) is 39.9 Å². The first kappa shape index (κ1) is 19.7. The van der Waals surface area contributed by atoms with Crippen LogP contribution in [0.3, 0.4) is 0 Å². The summed E-state index contributed by atoms with van der Waals surface area (Å²) in [6, 6.07) is 4.79. The largest absolute Gasteiger partial charge is 0.456 e. The number of nitrogens with one attached hydrogen (secondary N) is 1. The maximum absolute atomic E-state index is 13.6. The molecule has 1 aromatic rings. The number of halogens is 1. The molecule has 1 atom stereocenters. The van der Waals surface area contributed by atoms with Gasteiger partial charge in [0.15, 0.2) is 22.9 Å². The highest BCUT2D eigenvalue weighted by atomic mass is 79.9. The number of fused-ring (bicyclic) bond motifs is 2. The summed E-state index contributed by atoms with van der Waals surface area (Å²) in [5.41, 5.74) is 5.76. The standard InChI is InChI=1S/C21H21BrN2O5/c1-20(2,3)29-19(27)10-7-8-13-11(9-10)17(26)21(24-13)12-5-4-6-14(25)15(12)28-18(23)16(21)22/h7-9,24H,4-6,23H2,1-3H3. The Morgan fingerprint density at radius 2 is 2.00 bits per heavy atom. The van der Waals surface area contributed by atoms with Crippen LogP contribution in [0.25, 0.3) is 0 Å². The number of nitrogens with two attached hydrogens (primary N) is 1. The number of ketones is 2. The van der Waals surface area contributed by atoms with Crippen molar-refractivity contribution in [3.63, 3.8) is 0 Å². The van der Waals surface area contributed by atoms with E-state index in [0.29, 0.717) is 40.6 Å². The Bertz CT molecular complexity index is 1030. The first-order valence-corrected chi connectivity index (χ1v) is 10.1. The molecule has 8 heteroatoms. The van der Waals surface area contributed by atoms with Crippen LogP contribution in [0.1, 0.15) is 60.7 Å². The predicted molar refractivity (Wildman–Crippen MR) is 109 cm³/mol. The zero-order valence-corrected chi connectivity index (χ0v) is 17.9. The maximum atomic E-state index is 13.6. The van der Waals surface area contributed by atoms with Gasteiger partial charge in [-0.2, -0.15) is 0 Å². The van der Waals surface area contributed by atoms with Gasteiger partial charge < -0.3 is 20.5 Å². The number of hydrogen-bond donors (Lipinski definition) is 2. The van der Waals surface area contributed by atoms with Crippen LogP contribution in [0, 0.1) is 0 Å². The van der Waals surface area contributed by atoms with Crippen molar-refractivity contribution in [1.29, 1.82) is 0 Å². The Kier molecular flexibility index (Phi) is 4.38. The average molecular weight is 461 g/mol. The highest BCUT2D eigenvalue weighted by Crippen LogP contribution is 2.50. The lowest BCUT2D eigenvalue weighted by Crippen LogP contribution is -2.49. The quantitative estimate of drug-likeness (QED) is 0.616. The van der Waals surface area contributed by atoms with E-state index in [1.54, 1.807) is 32.9 Å². The highest BCUT2D eigenvalue weighted by molar-refractivity contribution is 9.11. The second-order valence-electron chi connectivity index (χ2n) is 8.33. The van der Waals surface area contributed by atoms with Crippen molar-refractivity contribution >= 4 is 39.2 Å². The number of carbonyl (C=O) groups excluding carboxylic acids is 3. The molecule has 3 N–H and O–H groups in total. The summed E-state index contributed by atoms with van der Waals surface area (Å²) in [6.07, 6.45) is 1.50. The molecule has 0 bridgehead atoms. The van der Waals surface area contributed by atoms with E-state index in [2.05, 4.69) is 21.2 Å². The lowest BCUT2D eigenvalue weighted by molar-refractivity contribution is -0.119. The second kappa shape index (κ2) is 6.45. The van der Waals surface area contributed by atoms with E-state index in [1.807, 2.05) is 0 Å². The molecule has 2 aliphatic heterocycles. The zero-order chi connectivity index (χ0) is 21.1. The van der Waals surface area contributed by atoms with Crippen molar-refractivity contribution in [2.45, 2.75) is 51.2 Å². The molecule has 1 unspecified atom stereocenters. The molecular weight excluding hydrogens is 440 g/mol. The van der Waals surface area contributed by atoms with Crippen LogP contribution in [0.5, 0.6) is 0 Å². The van der Waals surface area contributed by atoms with E-state index in [1.165, 1.54) is 6.07 Å². The van der Waals surface area contributed by atoms with Gasteiger partial charge in [0.05, 0.1) is 10.0 Å².